The smallest absolute Gasteiger partial charge is 0.274 e. The minimum Gasteiger partial charge on any atom is -0.350 e. The van der Waals surface area contributed by atoms with Gasteiger partial charge in [-0.1, -0.05) is 35.9 Å². The summed E-state index contributed by atoms with van der Waals surface area (Å²) in [4.78, 5) is 34.0. The Kier molecular flexibility index (Phi) is 5.57. The van der Waals surface area contributed by atoms with E-state index in [9.17, 15) is 9.59 Å². The average Bonchev–Trinajstić information content (AvgIpc) is 3.30. The summed E-state index contributed by atoms with van der Waals surface area (Å²) < 4.78 is 0. The fourth-order valence-electron chi connectivity index (χ4n) is 4.94. The van der Waals surface area contributed by atoms with Crippen LogP contribution < -0.4 is 5.32 Å². The van der Waals surface area contributed by atoms with Crippen LogP contribution in [0.2, 0.25) is 0 Å². The van der Waals surface area contributed by atoms with E-state index in [1.807, 2.05) is 56.0 Å². The van der Waals surface area contributed by atoms with Gasteiger partial charge >= 0.3 is 0 Å². The van der Waals surface area contributed by atoms with Crippen molar-refractivity contribution in [2.75, 3.05) is 13.1 Å². The summed E-state index contributed by atoms with van der Waals surface area (Å²) in [5.41, 5.74) is 5.67. The number of carbonyl (C=O) groups is 2. The molecule has 2 heterocycles. The van der Waals surface area contributed by atoms with E-state index in [1.165, 1.54) is 5.56 Å². The third-order valence-electron chi connectivity index (χ3n) is 7.02. The van der Waals surface area contributed by atoms with Crippen molar-refractivity contribution >= 4 is 23.2 Å². The molecule has 1 saturated heterocycles. The Hall–Kier alpha value is -2.99. The first-order chi connectivity index (χ1) is 15.8. The lowest BCUT2D eigenvalue weighted by Crippen LogP contribution is -2.45. The highest BCUT2D eigenvalue weighted by molar-refractivity contribution is 7.15. The van der Waals surface area contributed by atoms with Crippen molar-refractivity contribution in [3.8, 4) is 10.4 Å². The molecule has 1 aromatic heterocycles. The molecule has 3 atom stereocenters. The summed E-state index contributed by atoms with van der Waals surface area (Å²) in [6, 6.07) is 14.0. The van der Waals surface area contributed by atoms with E-state index >= 15 is 0 Å². The van der Waals surface area contributed by atoms with E-state index in [-0.39, 0.29) is 17.9 Å². The monoisotopic (exact) mass is 459 g/mol. The molecule has 1 aliphatic heterocycles. The zero-order valence-corrected chi connectivity index (χ0v) is 20.3. The normalized spacial score (nSPS) is 21.1. The van der Waals surface area contributed by atoms with Crippen LogP contribution in [0.3, 0.4) is 0 Å². The van der Waals surface area contributed by atoms with E-state index < -0.39 is 0 Å². The maximum atomic E-state index is 13.7. The predicted octanol–water partition coefficient (Wildman–Crippen LogP) is 4.93. The zero-order valence-electron chi connectivity index (χ0n) is 19.5. The van der Waals surface area contributed by atoms with Crippen LogP contribution >= 0.6 is 11.3 Å². The van der Waals surface area contributed by atoms with Crippen LogP contribution in [0, 0.1) is 39.5 Å². The van der Waals surface area contributed by atoms with Crippen molar-refractivity contribution in [2.24, 2.45) is 11.8 Å². The molecule has 0 spiro atoms. The highest BCUT2D eigenvalue weighted by Crippen LogP contribution is 2.50. The van der Waals surface area contributed by atoms with Gasteiger partial charge in [-0.15, -0.1) is 11.3 Å². The average molecular weight is 460 g/mol. The second-order valence-electron chi connectivity index (χ2n) is 9.47. The van der Waals surface area contributed by atoms with Crippen molar-refractivity contribution < 1.29 is 9.59 Å². The minimum atomic E-state index is -0.0837. The molecule has 2 aromatic carbocycles. The number of likely N-dealkylation sites (tertiary alicyclic amines) is 1. The molecule has 2 amide bonds. The molecule has 1 N–H and O–H groups in total. The van der Waals surface area contributed by atoms with Crippen LogP contribution in [0.25, 0.3) is 10.4 Å². The first kappa shape index (κ1) is 21.8. The Morgan fingerprint density at radius 2 is 1.91 bits per heavy atom. The lowest BCUT2D eigenvalue weighted by Gasteiger charge is -2.27. The van der Waals surface area contributed by atoms with Crippen molar-refractivity contribution in [3.63, 3.8) is 0 Å². The second-order valence-corrected chi connectivity index (χ2v) is 10.7. The summed E-state index contributed by atoms with van der Waals surface area (Å²) in [5.74, 6) is 0.906. The Morgan fingerprint density at radius 1 is 1.09 bits per heavy atom. The summed E-state index contributed by atoms with van der Waals surface area (Å²) in [6.45, 7) is 9.28. The number of aromatic nitrogens is 1. The maximum Gasteiger partial charge on any atom is 0.274 e. The molecule has 2 aliphatic rings. The van der Waals surface area contributed by atoms with Crippen LogP contribution in [0.1, 0.15) is 49.0 Å². The van der Waals surface area contributed by atoms with Gasteiger partial charge in [0.15, 0.2) is 0 Å². The first-order valence-electron chi connectivity index (χ1n) is 11.5. The number of aryl methyl sites for hydroxylation is 4. The molecule has 2 fully saturated rings. The number of thiazole rings is 1. The number of hydrogen-bond donors (Lipinski definition) is 1. The fourth-order valence-corrected chi connectivity index (χ4v) is 5.85. The Bertz CT molecular complexity index is 1250. The van der Waals surface area contributed by atoms with Gasteiger partial charge in [-0.25, -0.2) is 4.98 Å². The predicted molar refractivity (Wildman–Crippen MR) is 132 cm³/mol. The molecule has 1 unspecified atom stereocenters. The van der Waals surface area contributed by atoms with E-state index in [4.69, 9.17) is 0 Å². The molecule has 1 saturated carbocycles. The molecular formula is C27H29N3O2S. The third kappa shape index (κ3) is 4.20. The van der Waals surface area contributed by atoms with Gasteiger partial charge in [0, 0.05) is 18.7 Å². The maximum absolute atomic E-state index is 13.7. The van der Waals surface area contributed by atoms with Crippen molar-refractivity contribution in [2.45, 2.75) is 40.2 Å². The van der Waals surface area contributed by atoms with Gasteiger partial charge in [0.25, 0.3) is 11.8 Å². The van der Waals surface area contributed by atoms with E-state index in [0.29, 0.717) is 29.6 Å². The molecule has 0 radical (unpaired) electrons. The lowest BCUT2D eigenvalue weighted by molar-refractivity contribution is 0.0690. The summed E-state index contributed by atoms with van der Waals surface area (Å²) >= 11 is 1.57. The molecule has 0 bridgehead atoms. The van der Waals surface area contributed by atoms with Crippen LogP contribution in [0.4, 0.5) is 0 Å². The van der Waals surface area contributed by atoms with Gasteiger partial charge in [0.1, 0.15) is 5.69 Å². The fraction of sp³-hybridized carbons (Fsp3) is 0.370. The number of carbonyl (C=O) groups excluding carboxylic acids is 2. The molecule has 5 nitrogen and oxygen atoms in total. The van der Waals surface area contributed by atoms with Gasteiger partial charge in [0.05, 0.1) is 15.9 Å². The third-order valence-corrected chi connectivity index (χ3v) is 8.04. The lowest BCUT2D eigenvalue weighted by atomic mass is 10.1. The second kappa shape index (κ2) is 8.41. The van der Waals surface area contributed by atoms with Crippen molar-refractivity contribution in [3.05, 3.63) is 75.4 Å². The number of fused-ring (bicyclic) bond motifs is 1. The van der Waals surface area contributed by atoms with Gasteiger partial charge in [-0.3, -0.25) is 9.59 Å². The molecule has 6 heteroatoms. The SMILES string of the molecule is Cc1cccc(-c2sc(C)nc2C(=O)N2C[C@@H]3CC3[C@H]2CNC(=O)c2ccc(C)c(C)c2)c1. The number of nitrogens with one attached hydrogen (secondary N) is 1. The van der Waals surface area contributed by atoms with Crippen molar-refractivity contribution in [1.29, 1.82) is 0 Å². The quantitative estimate of drug-likeness (QED) is 0.588. The molecule has 33 heavy (non-hydrogen) atoms. The minimum absolute atomic E-state index is 0.0189. The number of nitrogens with zero attached hydrogens (tertiary/aromatic N) is 2. The van der Waals surface area contributed by atoms with Gasteiger partial charge in [-0.2, -0.15) is 0 Å². The number of amides is 2. The summed E-state index contributed by atoms with van der Waals surface area (Å²) in [5, 5.41) is 3.98. The van der Waals surface area contributed by atoms with Crippen LogP contribution in [-0.2, 0) is 0 Å². The van der Waals surface area contributed by atoms with Gasteiger partial charge in [0.2, 0.25) is 0 Å². The largest absolute Gasteiger partial charge is 0.350 e. The zero-order chi connectivity index (χ0) is 23.3. The van der Waals surface area contributed by atoms with Crippen LogP contribution in [-0.4, -0.2) is 40.8 Å². The van der Waals surface area contributed by atoms with E-state index in [1.54, 1.807) is 11.3 Å². The van der Waals surface area contributed by atoms with Crippen molar-refractivity contribution in [1.82, 2.24) is 15.2 Å². The number of benzene rings is 2. The Morgan fingerprint density at radius 3 is 2.67 bits per heavy atom. The topological polar surface area (TPSA) is 62.3 Å². The Labute approximate surface area is 198 Å². The standard InChI is InChI=1S/C27H29N3O2S/c1-15-6-5-7-19(10-15)25-24(29-18(4)33-25)27(32)30-14-21-12-22(21)23(30)13-28-26(31)20-9-8-16(2)17(3)11-20/h5-11,21-23H,12-14H2,1-4H3,(H,28,31)/t21-,22?,23+/m0/s1. The van der Waals surface area contributed by atoms with E-state index in [0.717, 1.165) is 39.5 Å². The molecular weight excluding hydrogens is 430 g/mol. The van der Waals surface area contributed by atoms with Crippen LogP contribution in [0.15, 0.2) is 42.5 Å². The van der Waals surface area contributed by atoms with Gasteiger partial charge in [-0.05, 0) is 74.8 Å². The number of piperidine rings is 1. The Balaban J connectivity index is 1.35. The molecule has 5 rings (SSSR count). The highest BCUT2D eigenvalue weighted by atomic mass is 32.1. The van der Waals surface area contributed by atoms with Crippen LogP contribution in [0.5, 0.6) is 0 Å². The molecule has 3 aromatic rings. The molecule has 1 aliphatic carbocycles. The first-order valence-corrected chi connectivity index (χ1v) is 12.3. The highest BCUT2D eigenvalue weighted by Gasteiger charge is 2.54. The van der Waals surface area contributed by atoms with Gasteiger partial charge < -0.3 is 10.2 Å². The number of hydrogen-bond acceptors (Lipinski definition) is 4. The summed E-state index contributed by atoms with van der Waals surface area (Å²) in [6.07, 6.45) is 1.13. The number of rotatable bonds is 5. The van der Waals surface area contributed by atoms with E-state index in [2.05, 4.69) is 29.4 Å². The summed E-state index contributed by atoms with van der Waals surface area (Å²) in [7, 11) is 0. The molecule has 170 valence electrons.